The quantitative estimate of drug-likeness (QED) is 0.760. The maximum Gasteiger partial charge on any atom is 0.217 e. The van der Waals surface area contributed by atoms with Gasteiger partial charge in [0.1, 0.15) is 5.82 Å². The lowest BCUT2D eigenvalue weighted by Crippen LogP contribution is -2.06. The van der Waals surface area contributed by atoms with Crippen LogP contribution < -0.4 is 5.73 Å². The van der Waals surface area contributed by atoms with Crippen LogP contribution in [-0.4, -0.2) is 21.1 Å². The molecular formula is C10H9ClN4S. The third kappa shape index (κ3) is 1.40. The number of thiazole rings is 1. The minimum absolute atomic E-state index is 0.575. The van der Waals surface area contributed by atoms with E-state index in [2.05, 4.69) is 10.2 Å². The molecule has 0 amide bonds. The van der Waals surface area contributed by atoms with Gasteiger partial charge in [-0.05, 0) is 24.7 Å². The molecule has 0 aliphatic carbocycles. The SMILES string of the molecule is NCCc1nnc2sc3cc(Cl)ccc3n12. The molecule has 0 spiro atoms. The first-order chi connectivity index (χ1) is 7.79. The zero-order chi connectivity index (χ0) is 11.1. The van der Waals surface area contributed by atoms with Crippen LogP contribution in [0, 0.1) is 0 Å². The number of rotatable bonds is 2. The predicted molar refractivity (Wildman–Crippen MR) is 66.1 cm³/mol. The van der Waals surface area contributed by atoms with Crippen molar-refractivity contribution in [3.05, 3.63) is 29.0 Å². The molecule has 3 rings (SSSR count). The van der Waals surface area contributed by atoms with Crippen LogP contribution in [-0.2, 0) is 6.42 Å². The van der Waals surface area contributed by atoms with E-state index in [1.165, 1.54) is 0 Å². The first kappa shape index (κ1) is 10.0. The summed E-state index contributed by atoms with van der Waals surface area (Å²) in [5, 5.41) is 9.01. The Kier molecular flexibility index (Phi) is 2.31. The lowest BCUT2D eigenvalue weighted by atomic mass is 10.3. The van der Waals surface area contributed by atoms with Crippen LogP contribution in [0.25, 0.3) is 15.2 Å². The Morgan fingerprint density at radius 2 is 2.25 bits per heavy atom. The summed E-state index contributed by atoms with van der Waals surface area (Å²) >= 11 is 7.54. The fraction of sp³-hybridized carbons (Fsp3) is 0.200. The van der Waals surface area contributed by atoms with Gasteiger partial charge >= 0.3 is 0 Å². The van der Waals surface area contributed by atoms with Crippen LogP contribution in [0.2, 0.25) is 5.02 Å². The smallest absolute Gasteiger partial charge is 0.217 e. The first-order valence-corrected chi connectivity index (χ1v) is 6.11. The van der Waals surface area contributed by atoms with Crippen LogP contribution in [0.1, 0.15) is 5.82 Å². The molecule has 3 aromatic rings. The molecule has 2 heterocycles. The summed E-state index contributed by atoms with van der Waals surface area (Å²) in [5.74, 6) is 0.908. The van der Waals surface area contributed by atoms with Crippen LogP contribution in [0.5, 0.6) is 0 Å². The highest BCUT2D eigenvalue weighted by atomic mass is 35.5. The van der Waals surface area contributed by atoms with Gasteiger partial charge in [-0.25, -0.2) is 0 Å². The van der Waals surface area contributed by atoms with Crippen LogP contribution in [0.4, 0.5) is 0 Å². The molecule has 0 atom stereocenters. The van der Waals surface area contributed by atoms with E-state index in [-0.39, 0.29) is 0 Å². The molecule has 0 bridgehead atoms. The van der Waals surface area contributed by atoms with E-state index in [9.17, 15) is 0 Å². The van der Waals surface area contributed by atoms with Gasteiger partial charge in [-0.3, -0.25) is 4.40 Å². The minimum atomic E-state index is 0.575. The summed E-state index contributed by atoms with van der Waals surface area (Å²) in [7, 11) is 0. The monoisotopic (exact) mass is 252 g/mol. The third-order valence-corrected chi connectivity index (χ3v) is 3.66. The maximum atomic E-state index is 5.96. The van der Waals surface area contributed by atoms with E-state index >= 15 is 0 Å². The summed E-state index contributed by atoms with van der Waals surface area (Å²) in [4.78, 5) is 0.890. The molecule has 16 heavy (non-hydrogen) atoms. The van der Waals surface area contributed by atoms with Crippen molar-refractivity contribution in [2.45, 2.75) is 6.42 Å². The third-order valence-electron chi connectivity index (χ3n) is 2.43. The molecule has 1 aromatic carbocycles. The lowest BCUT2D eigenvalue weighted by molar-refractivity contribution is 0.857. The number of aromatic nitrogens is 3. The molecule has 2 N–H and O–H groups in total. The standard InChI is InChI=1S/C10H9ClN4S/c11-6-1-2-7-8(5-6)16-10-14-13-9(3-4-12)15(7)10/h1-2,5H,3-4,12H2. The van der Waals surface area contributed by atoms with Gasteiger partial charge in [0.05, 0.1) is 10.2 Å². The molecule has 0 fully saturated rings. The van der Waals surface area contributed by atoms with Gasteiger partial charge in [-0.15, -0.1) is 10.2 Å². The Morgan fingerprint density at radius 3 is 3.06 bits per heavy atom. The lowest BCUT2D eigenvalue weighted by Gasteiger charge is -1.96. The number of nitrogens with zero attached hydrogens (tertiary/aromatic N) is 3. The van der Waals surface area contributed by atoms with Gasteiger partial charge in [-0.1, -0.05) is 22.9 Å². The van der Waals surface area contributed by atoms with Gasteiger partial charge in [0, 0.05) is 11.4 Å². The molecule has 4 nitrogen and oxygen atoms in total. The molecule has 0 saturated carbocycles. The van der Waals surface area contributed by atoms with Crippen LogP contribution in [0.3, 0.4) is 0 Å². The zero-order valence-corrected chi connectivity index (χ0v) is 9.92. The predicted octanol–water partition coefficient (Wildman–Crippen LogP) is 2.10. The molecular weight excluding hydrogens is 244 g/mol. The summed E-state index contributed by atoms with van der Waals surface area (Å²) in [6.45, 7) is 0.575. The summed E-state index contributed by atoms with van der Waals surface area (Å²) < 4.78 is 3.17. The first-order valence-electron chi connectivity index (χ1n) is 4.92. The van der Waals surface area contributed by atoms with Gasteiger partial charge in [0.15, 0.2) is 0 Å². The van der Waals surface area contributed by atoms with Gasteiger partial charge < -0.3 is 5.73 Å². The largest absolute Gasteiger partial charge is 0.330 e. The van der Waals surface area contributed by atoms with Crippen molar-refractivity contribution in [2.24, 2.45) is 5.73 Å². The van der Waals surface area contributed by atoms with Gasteiger partial charge in [-0.2, -0.15) is 0 Å². The van der Waals surface area contributed by atoms with E-state index in [4.69, 9.17) is 17.3 Å². The number of halogens is 1. The highest BCUT2D eigenvalue weighted by molar-refractivity contribution is 7.23. The number of fused-ring (bicyclic) bond motifs is 3. The number of nitrogens with two attached hydrogens (primary N) is 1. The molecule has 2 aromatic heterocycles. The highest BCUT2D eigenvalue weighted by Gasteiger charge is 2.11. The average Bonchev–Trinajstić information content (AvgIpc) is 2.78. The molecule has 0 unspecified atom stereocenters. The second kappa shape index (κ2) is 3.69. The molecule has 82 valence electrons. The van der Waals surface area contributed by atoms with E-state index in [0.29, 0.717) is 6.54 Å². The Hall–Kier alpha value is -1.17. The van der Waals surface area contributed by atoms with Crippen LogP contribution in [0.15, 0.2) is 18.2 Å². The Bertz CT molecular complexity index is 657. The second-order valence-corrected chi connectivity index (χ2v) is 4.93. The van der Waals surface area contributed by atoms with E-state index < -0.39 is 0 Å². The highest BCUT2D eigenvalue weighted by Crippen LogP contribution is 2.28. The summed E-state index contributed by atoms with van der Waals surface area (Å²) in [6.07, 6.45) is 0.732. The Balaban J connectivity index is 2.36. The van der Waals surface area contributed by atoms with Crippen molar-refractivity contribution in [1.29, 1.82) is 0 Å². The van der Waals surface area contributed by atoms with Crippen molar-refractivity contribution < 1.29 is 0 Å². The maximum absolute atomic E-state index is 5.96. The van der Waals surface area contributed by atoms with Crippen molar-refractivity contribution in [3.8, 4) is 0 Å². The fourth-order valence-corrected chi connectivity index (χ4v) is 3.01. The topological polar surface area (TPSA) is 56.2 Å². The Labute approximate surface area is 101 Å². The minimum Gasteiger partial charge on any atom is -0.330 e. The van der Waals surface area contributed by atoms with E-state index in [0.717, 1.165) is 32.4 Å². The van der Waals surface area contributed by atoms with Gasteiger partial charge in [0.25, 0.3) is 0 Å². The number of hydrogen-bond acceptors (Lipinski definition) is 4. The number of hydrogen-bond donors (Lipinski definition) is 1. The zero-order valence-electron chi connectivity index (χ0n) is 8.35. The molecule has 0 aliphatic rings. The van der Waals surface area contributed by atoms with Crippen molar-refractivity contribution in [3.63, 3.8) is 0 Å². The fourth-order valence-electron chi connectivity index (χ4n) is 1.75. The number of benzene rings is 1. The van der Waals surface area contributed by atoms with Crippen molar-refractivity contribution in [1.82, 2.24) is 14.6 Å². The van der Waals surface area contributed by atoms with Crippen molar-refractivity contribution in [2.75, 3.05) is 6.54 Å². The van der Waals surface area contributed by atoms with Gasteiger partial charge in [0.2, 0.25) is 4.96 Å². The van der Waals surface area contributed by atoms with E-state index in [1.54, 1.807) is 11.3 Å². The molecule has 6 heteroatoms. The van der Waals surface area contributed by atoms with Crippen molar-refractivity contribution >= 4 is 38.1 Å². The average molecular weight is 253 g/mol. The second-order valence-electron chi connectivity index (χ2n) is 3.49. The van der Waals surface area contributed by atoms with E-state index in [1.807, 2.05) is 22.6 Å². The molecule has 0 aliphatic heterocycles. The molecule has 0 saturated heterocycles. The Morgan fingerprint density at radius 1 is 1.38 bits per heavy atom. The summed E-state index contributed by atoms with van der Waals surface area (Å²) in [6, 6.07) is 5.81. The normalized spacial score (nSPS) is 11.6. The summed E-state index contributed by atoms with van der Waals surface area (Å²) in [5.41, 5.74) is 6.64. The molecule has 0 radical (unpaired) electrons. The van der Waals surface area contributed by atoms with Crippen LogP contribution >= 0.6 is 22.9 Å².